The topological polar surface area (TPSA) is 69.2 Å². The fourth-order valence-electron chi connectivity index (χ4n) is 1.91. The summed E-state index contributed by atoms with van der Waals surface area (Å²) >= 11 is 1.28. The van der Waals surface area contributed by atoms with Crippen molar-refractivity contribution in [3.8, 4) is 17.2 Å². The first-order chi connectivity index (χ1) is 10.1. The van der Waals surface area contributed by atoms with Crippen LogP contribution in [0.2, 0.25) is 0 Å². The number of hydrogen-bond donors (Lipinski definition) is 1. The second-order valence-corrected chi connectivity index (χ2v) is 5.05. The Morgan fingerprint density at radius 3 is 2.38 bits per heavy atom. The minimum Gasteiger partial charge on any atom is -0.493 e. The van der Waals surface area contributed by atoms with E-state index in [4.69, 9.17) is 14.2 Å². The van der Waals surface area contributed by atoms with Crippen LogP contribution in [-0.4, -0.2) is 39.5 Å². The van der Waals surface area contributed by atoms with E-state index in [2.05, 4.69) is 10.3 Å². The van der Waals surface area contributed by atoms with Gasteiger partial charge in [-0.2, -0.15) is 0 Å². The molecule has 1 fully saturated rings. The average Bonchev–Trinajstić information content (AvgIpc) is 2.86. The summed E-state index contributed by atoms with van der Waals surface area (Å²) in [4.78, 5) is 16.4. The summed E-state index contributed by atoms with van der Waals surface area (Å²) in [6.45, 7) is 0. The first kappa shape index (κ1) is 15.2. The van der Waals surface area contributed by atoms with Crippen molar-refractivity contribution < 1.29 is 19.0 Å². The molecular formula is C14H16N2O4S. The lowest BCUT2D eigenvalue weighted by atomic mass is 10.1. The maximum Gasteiger partial charge on any atom is 0.264 e. The Kier molecular flexibility index (Phi) is 4.74. The van der Waals surface area contributed by atoms with Crippen molar-refractivity contribution in [1.29, 1.82) is 0 Å². The number of ether oxygens (including phenoxy) is 3. The van der Waals surface area contributed by atoms with Gasteiger partial charge < -0.3 is 19.5 Å². The smallest absolute Gasteiger partial charge is 0.264 e. The molecule has 7 heteroatoms. The standard InChI is InChI=1S/C14H16N2O4S/c1-15-14-16-13(17)10(21-14)7-8-5-6-9(18-2)12(20-4)11(8)19-3/h5-7H,1-4H3,(H,15,16,17). The molecule has 21 heavy (non-hydrogen) atoms. The number of rotatable bonds is 4. The predicted molar refractivity (Wildman–Crippen MR) is 83.2 cm³/mol. The van der Waals surface area contributed by atoms with Crippen LogP contribution in [0.25, 0.3) is 6.08 Å². The van der Waals surface area contributed by atoms with Gasteiger partial charge in [0.2, 0.25) is 5.75 Å². The lowest BCUT2D eigenvalue weighted by Gasteiger charge is -2.14. The van der Waals surface area contributed by atoms with Crippen LogP contribution in [0.3, 0.4) is 0 Å². The van der Waals surface area contributed by atoms with Crippen molar-refractivity contribution >= 4 is 28.9 Å². The second kappa shape index (κ2) is 6.53. The molecule has 1 aromatic carbocycles. The molecule has 0 radical (unpaired) electrons. The molecule has 6 nitrogen and oxygen atoms in total. The molecule has 0 atom stereocenters. The Morgan fingerprint density at radius 2 is 1.86 bits per heavy atom. The highest BCUT2D eigenvalue weighted by Crippen LogP contribution is 2.41. The van der Waals surface area contributed by atoms with E-state index >= 15 is 0 Å². The van der Waals surface area contributed by atoms with Crippen LogP contribution in [-0.2, 0) is 4.79 Å². The van der Waals surface area contributed by atoms with Crippen LogP contribution < -0.4 is 19.5 Å². The summed E-state index contributed by atoms with van der Waals surface area (Å²) in [5, 5.41) is 3.25. The molecule has 1 heterocycles. The number of amidine groups is 1. The third kappa shape index (κ3) is 2.97. The molecule has 1 aromatic rings. The van der Waals surface area contributed by atoms with Crippen LogP contribution in [0, 0.1) is 0 Å². The van der Waals surface area contributed by atoms with Gasteiger partial charge in [0.1, 0.15) is 0 Å². The van der Waals surface area contributed by atoms with Gasteiger partial charge in [0, 0.05) is 12.6 Å². The maximum absolute atomic E-state index is 11.8. The highest BCUT2D eigenvalue weighted by atomic mass is 32.2. The lowest BCUT2D eigenvalue weighted by Crippen LogP contribution is -2.19. The maximum atomic E-state index is 11.8. The number of methoxy groups -OCH3 is 3. The van der Waals surface area contributed by atoms with Gasteiger partial charge in [-0.05, 0) is 30.0 Å². The second-order valence-electron chi connectivity index (χ2n) is 4.02. The molecule has 0 bridgehead atoms. The quantitative estimate of drug-likeness (QED) is 0.860. The predicted octanol–water partition coefficient (Wildman–Crippen LogP) is 1.90. The minimum atomic E-state index is -0.183. The highest BCUT2D eigenvalue weighted by molar-refractivity contribution is 8.18. The van der Waals surface area contributed by atoms with Gasteiger partial charge in [-0.25, -0.2) is 0 Å². The number of amides is 1. The molecule has 0 aromatic heterocycles. The molecule has 0 aliphatic carbocycles. The largest absolute Gasteiger partial charge is 0.493 e. The molecule has 2 rings (SSSR count). The first-order valence-electron chi connectivity index (χ1n) is 6.11. The zero-order valence-corrected chi connectivity index (χ0v) is 13.0. The number of hydrogen-bond acceptors (Lipinski definition) is 6. The number of aliphatic imine (C=N–C) groups is 1. The fraction of sp³-hybridized carbons (Fsp3) is 0.286. The van der Waals surface area contributed by atoms with Crippen molar-refractivity contribution in [3.63, 3.8) is 0 Å². The lowest BCUT2D eigenvalue weighted by molar-refractivity contribution is -0.115. The third-order valence-corrected chi connectivity index (χ3v) is 3.88. The Bertz CT molecular complexity index is 626. The summed E-state index contributed by atoms with van der Waals surface area (Å²) in [7, 11) is 6.26. The molecule has 1 aliphatic heterocycles. The van der Waals surface area contributed by atoms with E-state index in [0.29, 0.717) is 27.3 Å². The Morgan fingerprint density at radius 1 is 1.14 bits per heavy atom. The van der Waals surface area contributed by atoms with Crippen molar-refractivity contribution in [2.45, 2.75) is 0 Å². The number of carbonyl (C=O) groups excluding carboxylic acids is 1. The number of carbonyl (C=O) groups is 1. The van der Waals surface area contributed by atoms with Crippen molar-refractivity contribution in [2.75, 3.05) is 28.4 Å². The van der Waals surface area contributed by atoms with E-state index in [1.54, 1.807) is 33.4 Å². The van der Waals surface area contributed by atoms with Gasteiger partial charge in [0.25, 0.3) is 5.91 Å². The van der Waals surface area contributed by atoms with Crippen LogP contribution in [0.15, 0.2) is 22.0 Å². The Hall–Kier alpha value is -2.15. The van der Waals surface area contributed by atoms with Crippen LogP contribution in [0.5, 0.6) is 17.2 Å². The van der Waals surface area contributed by atoms with Gasteiger partial charge >= 0.3 is 0 Å². The first-order valence-corrected chi connectivity index (χ1v) is 6.92. The third-order valence-electron chi connectivity index (χ3n) is 2.88. The molecule has 0 saturated carbocycles. The minimum absolute atomic E-state index is 0.183. The van der Waals surface area contributed by atoms with Gasteiger partial charge in [0.15, 0.2) is 16.7 Å². The Balaban J connectivity index is 2.48. The molecular weight excluding hydrogens is 292 g/mol. The molecule has 1 saturated heterocycles. The van der Waals surface area contributed by atoms with Gasteiger partial charge in [-0.3, -0.25) is 9.79 Å². The average molecular weight is 308 g/mol. The van der Waals surface area contributed by atoms with Crippen molar-refractivity contribution in [3.05, 3.63) is 22.6 Å². The van der Waals surface area contributed by atoms with E-state index in [1.165, 1.54) is 18.9 Å². The summed E-state index contributed by atoms with van der Waals surface area (Å²) in [6.07, 6.45) is 1.74. The fourth-order valence-corrected chi connectivity index (χ4v) is 2.68. The summed E-state index contributed by atoms with van der Waals surface area (Å²) in [5.74, 6) is 1.38. The van der Waals surface area contributed by atoms with E-state index in [1.807, 2.05) is 6.07 Å². The van der Waals surface area contributed by atoms with Crippen molar-refractivity contribution in [2.24, 2.45) is 4.99 Å². The highest BCUT2D eigenvalue weighted by Gasteiger charge is 2.24. The molecule has 1 N–H and O–H groups in total. The monoisotopic (exact) mass is 308 g/mol. The normalized spacial score (nSPS) is 18.0. The Labute approximate surface area is 127 Å². The van der Waals surface area contributed by atoms with Crippen LogP contribution in [0.4, 0.5) is 0 Å². The van der Waals surface area contributed by atoms with Gasteiger partial charge in [-0.15, -0.1) is 0 Å². The number of benzene rings is 1. The molecule has 1 aliphatic rings. The van der Waals surface area contributed by atoms with Crippen LogP contribution >= 0.6 is 11.8 Å². The van der Waals surface area contributed by atoms with Crippen molar-refractivity contribution in [1.82, 2.24) is 5.32 Å². The number of thioether (sulfide) groups is 1. The SMILES string of the molecule is CN=C1NC(=O)C(=Cc2ccc(OC)c(OC)c2OC)S1. The zero-order chi connectivity index (χ0) is 15.4. The summed E-state index contributed by atoms with van der Waals surface area (Å²) in [5.41, 5.74) is 0.727. The van der Waals surface area contributed by atoms with E-state index in [9.17, 15) is 4.79 Å². The number of nitrogens with zero attached hydrogens (tertiary/aromatic N) is 1. The van der Waals surface area contributed by atoms with Crippen LogP contribution in [0.1, 0.15) is 5.56 Å². The summed E-state index contributed by atoms with van der Waals surface area (Å²) in [6, 6.07) is 3.57. The molecule has 0 spiro atoms. The van der Waals surface area contributed by atoms with E-state index in [-0.39, 0.29) is 5.91 Å². The molecule has 1 amide bonds. The molecule has 0 unspecified atom stereocenters. The number of nitrogens with one attached hydrogen (secondary N) is 1. The zero-order valence-electron chi connectivity index (χ0n) is 12.2. The molecule has 112 valence electrons. The van der Waals surface area contributed by atoms with Gasteiger partial charge in [0.05, 0.1) is 26.2 Å². The van der Waals surface area contributed by atoms with Gasteiger partial charge in [-0.1, -0.05) is 0 Å². The van der Waals surface area contributed by atoms with E-state index < -0.39 is 0 Å². The summed E-state index contributed by atoms with van der Waals surface area (Å²) < 4.78 is 15.9. The van der Waals surface area contributed by atoms with E-state index in [0.717, 1.165) is 5.56 Å².